The molecule has 120 valence electrons. The van der Waals surface area contributed by atoms with Gasteiger partial charge in [0.1, 0.15) is 5.82 Å². The summed E-state index contributed by atoms with van der Waals surface area (Å²) in [4.78, 5) is 11.9. The van der Waals surface area contributed by atoms with Gasteiger partial charge in [0, 0.05) is 6.54 Å². The van der Waals surface area contributed by atoms with Crippen LogP contribution < -0.4 is 15.4 Å². The fourth-order valence-corrected chi connectivity index (χ4v) is 2.13. The molecule has 0 aromatic heterocycles. The van der Waals surface area contributed by atoms with Crippen LogP contribution in [0.3, 0.4) is 0 Å². The molecule has 21 heavy (non-hydrogen) atoms. The number of amides is 1. The highest BCUT2D eigenvalue weighted by atomic mass is 35.5. The molecule has 1 amide bonds. The van der Waals surface area contributed by atoms with Gasteiger partial charge in [0.05, 0.1) is 17.5 Å². The van der Waals surface area contributed by atoms with E-state index in [-0.39, 0.29) is 23.7 Å². The Bertz CT molecular complexity index is 581. The van der Waals surface area contributed by atoms with Crippen molar-refractivity contribution in [2.45, 2.75) is 6.42 Å². The van der Waals surface area contributed by atoms with Gasteiger partial charge in [-0.3, -0.25) is 9.52 Å². The van der Waals surface area contributed by atoms with Gasteiger partial charge in [0.15, 0.2) is 0 Å². The predicted octanol–water partition coefficient (Wildman–Crippen LogP) is 0.958. The molecule has 1 aromatic rings. The second-order valence-electron chi connectivity index (χ2n) is 4.28. The zero-order chi connectivity index (χ0) is 15.2. The minimum Gasteiger partial charge on any atom is -0.352 e. The number of anilines is 1. The van der Waals surface area contributed by atoms with Gasteiger partial charge in [0.2, 0.25) is 10.0 Å². The van der Waals surface area contributed by atoms with E-state index in [1.807, 2.05) is 0 Å². The number of hydrogen-bond acceptors (Lipinski definition) is 4. The highest BCUT2D eigenvalue weighted by molar-refractivity contribution is 7.92. The first-order valence-electron chi connectivity index (χ1n) is 6.03. The van der Waals surface area contributed by atoms with Crippen LogP contribution in [0.5, 0.6) is 0 Å². The summed E-state index contributed by atoms with van der Waals surface area (Å²) in [6.07, 6.45) is 1.68. The molecule has 1 rings (SSSR count). The zero-order valence-corrected chi connectivity index (χ0v) is 13.4. The lowest BCUT2D eigenvalue weighted by Crippen LogP contribution is -2.27. The first-order chi connectivity index (χ1) is 9.33. The molecule has 0 unspecified atom stereocenters. The van der Waals surface area contributed by atoms with Crippen molar-refractivity contribution >= 4 is 34.0 Å². The SMILES string of the molecule is CNCCCNC(=O)c1cc(F)ccc1NS(C)(=O)=O.Cl. The molecule has 3 N–H and O–H groups in total. The molecule has 6 nitrogen and oxygen atoms in total. The van der Waals surface area contributed by atoms with E-state index in [0.717, 1.165) is 24.9 Å². The molecule has 0 saturated carbocycles. The van der Waals surface area contributed by atoms with Gasteiger partial charge in [-0.2, -0.15) is 0 Å². The Morgan fingerprint density at radius 2 is 1.95 bits per heavy atom. The van der Waals surface area contributed by atoms with Gasteiger partial charge in [-0.15, -0.1) is 12.4 Å². The maximum atomic E-state index is 13.2. The Labute approximate surface area is 130 Å². The maximum absolute atomic E-state index is 13.2. The van der Waals surface area contributed by atoms with Crippen LogP contribution in [-0.2, 0) is 10.0 Å². The molecule has 0 heterocycles. The monoisotopic (exact) mass is 339 g/mol. The van der Waals surface area contributed by atoms with Crippen LogP contribution in [0.15, 0.2) is 18.2 Å². The fourth-order valence-electron chi connectivity index (χ4n) is 1.56. The van der Waals surface area contributed by atoms with E-state index in [4.69, 9.17) is 0 Å². The second-order valence-corrected chi connectivity index (χ2v) is 6.03. The van der Waals surface area contributed by atoms with Crippen molar-refractivity contribution in [1.29, 1.82) is 0 Å². The molecule has 0 atom stereocenters. The Hall–Kier alpha value is -1.38. The third kappa shape index (κ3) is 7.26. The van der Waals surface area contributed by atoms with Gasteiger partial charge < -0.3 is 10.6 Å². The molecule has 0 aliphatic carbocycles. The summed E-state index contributed by atoms with van der Waals surface area (Å²) < 4.78 is 37.8. The molecule has 1 aromatic carbocycles. The van der Waals surface area contributed by atoms with Crippen molar-refractivity contribution in [1.82, 2.24) is 10.6 Å². The highest BCUT2D eigenvalue weighted by Crippen LogP contribution is 2.18. The van der Waals surface area contributed by atoms with Crippen molar-refractivity contribution in [3.05, 3.63) is 29.6 Å². The minimum atomic E-state index is -3.54. The van der Waals surface area contributed by atoms with E-state index in [9.17, 15) is 17.6 Å². The van der Waals surface area contributed by atoms with Crippen LogP contribution in [0.25, 0.3) is 0 Å². The van der Waals surface area contributed by atoms with Gasteiger partial charge >= 0.3 is 0 Å². The van der Waals surface area contributed by atoms with Crippen molar-refractivity contribution in [3.63, 3.8) is 0 Å². The largest absolute Gasteiger partial charge is 0.352 e. The summed E-state index contributed by atoms with van der Waals surface area (Å²) in [5.74, 6) is -1.13. The number of benzene rings is 1. The maximum Gasteiger partial charge on any atom is 0.253 e. The number of rotatable bonds is 7. The molecule has 0 radical (unpaired) electrons. The van der Waals surface area contributed by atoms with Crippen molar-refractivity contribution in [2.24, 2.45) is 0 Å². The number of nitrogens with one attached hydrogen (secondary N) is 3. The van der Waals surface area contributed by atoms with E-state index < -0.39 is 21.7 Å². The standard InChI is InChI=1S/C12H18FN3O3S.ClH/c1-14-6-3-7-15-12(17)10-8-9(13)4-5-11(10)16-20(2,18)19;/h4-5,8,14,16H,3,6-7H2,1-2H3,(H,15,17);1H. The average molecular weight is 340 g/mol. The van der Waals surface area contributed by atoms with E-state index in [2.05, 4.69) is 15.4 Å². The summed E-state index contributed by atoms with van der Waals surface area (Å²) in [7, 11) is -1.74. The predicted molar refractivity (Wildman–Crippen MR) is 83.0 cm³/mol. The van der Waals surface area contributed by atoms with Crippen LogP contribution in [-0.4, -0.2) is 40.7 Å². The van der Waals surface area contributed by atoms with Crippen molar-refractivity contribution < 1.29 is 17.6 Å². The topological polar surface area (TPSA) is 87.3 Å². The molecule has 0 aliphatic heterocycles. The zero-order valence-electron chi connectivity index (χ0n) is 11.8. The van der Waals surface area contributed by atoms with Crippen LogP contribution in [0.4, 0.5) is 10.1 Å². The molecule has 0 aliphatic rings. The minimum absolute atomic E-state index is 0. The number of carbonyl (C=O) groups is 1. The summed E-state index contributed by atoms with van der Waals surface area (Å²) in [6.45, 7) is 1.15. The summed E-state index contributed by atoms with van der Waals surface area (Å²) >= 11 is 0. The molecule has 0 bridgehead atoms. The smallest absolute Gasteiger partial charge is 0.253 e. The van der Waals surface area contributed by atoms with Crippen LogP contribution in [0.1, 0.15) is 16.8 Å². The number of carbonyl (C=O) groups excluding carboxylic acids is 1. The van der Waals surface area contributed by atoms with Gasteiger partial charge in [-0.05, 0) is 38.2 Å². The van der Waals surface area contributed by atoms with E-state index in [1.54, 1.807) is 7.05 Å². The van der Waals surface area contributed by atoms with E-state index >= 15 is 0 Å². The first-order valence-corrected chi connectivity index (χ1v) is 7.93. The lowest BCUT2D eigenvalue weighted by molar-refractivity contribution is 0.0953. The van der Waals surface area contributed by atoms with Crippen molar-refractivity contribution in [2.75, 3.05) is 31.1 Å². The highest BCUT2D eigenvalue weighted by Gasteiger charge is 2.14. The lowest BCUT2D eigenvalue weighted by atomic mass is 10.1. The van der Waals surface area contributed by atoms with E-state index in [1.165, 1.54) is 6.07 Å². The Morgan fingerprint density at radius 3 is 2.52 bits per heavy atom. The second kappa shape index (κ2) is 8.81. The Morgan fingerprint density at radius 1 is 1.29 bits per heavy atom. The quantitative estimate of drug-likeness (QED) is 0.646. The fraction of sp³-hybridized carbons (Fsp3) is 0.417. The van der Waals surface area contributed by atoms with Crippen LogP contribution >= 0.6 is 12.4 Å². The molecular weight excluding hydrogens is 321 g/mol. The number of hydrogen-bond donors (Lipinski definition) is 3. The summed E-state index contributed by atoms with van der Waals surface area (Å²) in [5.41, 5.74) is 0.0138. The lowest BCUT2D eigenvalue weighted by Gasteiger charge is -2.11. The van der Waals surface area contributed by atoms with Gasteiger partial charge in [-0.1, -0.05) is 0 Å². The van der Waals surface area contributed by atoms with Gasteiger partial charge in [-0.25, -0.2) is 12.8 Å². The average Bonchev–Trinajstić information content (AvgIpc) is 2.35. The third-order valence-corrected chi connectivity index (χ3v) is 3.00. The third-order valence-electron chi connectivity index (χ3n) is 2.41. The van der Waals surface area contributed by atoms with Crippen LogP contribution in [0, 0.1) is 5.82 Å². The molecule has 0 fully saturated rings. The van der Waals surface area contributed by atoms with Crippen molar-refractivity contribution in [3.8, 4) is 0 Å². The summed E-state index contributed by atoms with van der Waals surface area (Å²) in [5, 5.41) is 5.54. The Kier molecular flexibility index (Phi) is 8.23. The molecule has 0 spiro atoms. The van der Waals surface area contributed by atoms with Gasteiger partial charge in [0.25, 0.3) is 5.91 Å². The first kappa shape index (κ1) is 19.6. The molecule has 0 saturated heterocycles. The normalized spacial score (nSPS) is 10.6. The Balaban J connectivity index is 0.00000400. The van der Waals surface area contributed by atoms with E-state index in [0.29, 0.717) is 13.0 Å². The summed E-state index contributed by atoms with van der Waals surface area (Å²) in [6, 6.07) is 3.31. The number of halogens is 2. The molecular formula is C12H19ClFN3O3S. The van der Waals surface area contributed by atoms with Crippen LogP contribution in [0.2, 0.25) is 0 Å². The molecule has 9 heteroatoms. The number of sulfonamides is 1.